The Morgan fingerprint density at radius 1 is 1.14 bits per heavy atom. The normalized spacial score (nSPS) is 35.7. The molecule has 2 rings (SSSR count). The lowest BCUT2D eigenvalue weighted by atomic mass is 9.60. The van der Waals surface area contributed by atoms with Crippen LogP contribution in [0.4, 0.5) is 0 Å². The molecule has 0 aromatic carbocycles. The van der Waals surface area contributed by atoms with E-state index in [1.807, 2.05) is 0 Å². The first-order valence-corrected chi connectivity index (χ1v) is 8.26. The Labute approximate surface area is 133 Å². The van der Waals surface area contributed by atoms with E-state index in [0.717, 1.165) is 25.7 Å². The standard InChI is InChI=1S/C15H28BClO4/c1-14(2)9-15(3,4)21-16(20-14)12-7-6-11(17)8-13(12)19-10-18-5/h11-13H,6-10H2,1-5H3/t11?,12?,13-/m1/s1. The first-order chi connectivity index (χ1) is 9.72. The summed E-state index contributed by atoms with van der Waals surface area (Å²) in [6.45, 7) is 8.79. The van der Waals surface area contributed by atoms with E-state index < -0.39 is 0 Å². The summed E-state index contributed by atoms with van der Waals surface area (Å²) in [5.41, 5.74) is -0.369. The van der Waals surface area contributed by atoms with Crippen molar-refractivity contribution >= 4 is 18.7 Å². The molecular weight excluding hydrogens is 290 g/mol. The van der Waals surface area contributed by atoms with Gasteiger partial charge < -0.3 is 18.8 Å². The van der Waals surface area contributed by atoms with E-state index in [4.69, 9.17) is 30.4 Å². The molecule has 2 aliphatic rings. The molecule has 0 spiro atoms. The SMILES string of the molecule is COCO[C@@H]1CC(Cl)CCC1B1OC(C)(C)CC(C)(C)O1. The van der Waals surface area contributed by atoms with Gasteiger partial charge in [-0.3, -0.25) is 0 Å². The van der Waals surface area contributed by atoms with Crippen molar-refractivity contribution < 1.29 is 18.8 Å². The van der Waals surface area contributed by atoms with Crippen LogP contribution in [-0.2, 0) is 18.8 Å². The van der Waals surface area contributed by atoms with E-state index in [1.165, 1.54) is 0 Å². The molecular formula is C15H28BClO4. The van der Waals surface area contributed by atoms with Crippen molar-refractivity contribution in [2.24, 2.45) is 0 Å². The maximum Gasteiger partial charge on any atom is 0.463 e. The molecule has 6 heteroatoms. The molecule has 1 saturated carbocycles. The average molecular weight is 319 g/mol. The van der Waals surface area contributed by atoms with Gasteiger partial charge in [-0.05, 0) is 47.0 Å². The summed E-state index contributed by atoms with van der Waals surface area (Å²) in [6, 6.07) is 0. The fourth-order valence-electron chi connectivity index (χ4n) is 3.70. The summed E-state index contributed by atoms with van der Waals surface area (Å²) < 4.78 is 23.3. The lowest BCUT2D eigenvalue weighted by molar-refractivity contribution is -0.107. The second-order valence-electron chi connectivity index (χ2n) is 7.49. The molecule has 0 aromatic rings. The van der Waals surface area contributed by atoms with Crippen LogP contribution in [0, 0.1) is 0 Å². The smallest absolute Gasteiger partial charge is 0.406 e. The van der Waals surface area contributed by atoms with Crippen molar-refractivity contribution in [1.29, 1.82) is 0 Å². The minimum absolute atomic E-state index is 0.0240. The van der Waals surface area contributed by atoms with Gasteiger partial charge in [0.1, 0.15) is 6.79 Å². The number of ether oxygens (including phenoxy) is 2. The second kappa shape index (κ2) is 6.75. The molecule has 1 saturated heterocycles. The fourth-order valence-corrected chi connectivity index (χ4v) is 4.00. The van der Waals surface area contributed by atoms with Crippen LogP contribution in [0.25, 0.3) is 0 Å². The highest BCUT2D eigenvalue weighted by Crippen LogP contribution is 2.43. The van der Waals surface area contributed by atoms with Gasteiger partial charge in [0.25, 0.3) is 0 Å². The maximum absolute atomic E-state index is 6.30. The number of halogens is 1. The van der Waals surface area contributed by atoms with Gasteiger partial charge in [0.05, 0.1) is 17.3 Å². The van der Waals surface area contributed by atoms with Crippen molar-refractivity contribution in [3.63, 3.8) is 0 Å². The van der Waals surface area contributed by atoms with E-state index in [0.29, 0.717) is 0 Å². The summed E-state index contributed by atoms with van der Waals surface area (Å²) in [5, 5.41) is 0.160. The molecule has 1 aliphatic heterocycles. The Bertz CT molecular complexity index is 335. The van der Waals surface area contributed by atoms with Crippen LogP contribution < -0.4 is 0 Å². The molecule has 0 aromatic heterocycles. The Morgan fingerprint density at radius 3 is 2.33 bits per heavy atom. The van der Waals surface area contributed by atoms with Gasteiger partial charge in [0, 0.05) is 24.7 Å². The molecule has 1 heterocycles. The number of alkyl halides is 1. The zero-order valence-corrected chi connectivity index (χ0v) is 14.6. The molecule has 0 bridgehead atoms. The Kier molecular flexibility index (Phi) is 5.64. The minimum Gasteiger partial charge on any atom is -0.406 e. The molecule has 2 unspecified atom stereocenters. The third-order valence-electron chi connectivity index (χ3n) is 4.25. The fraction of sp³-hybridized carbons (Fsp3) is 1.00. The van der Waals surface area contributed by atoms with E-state index in [1.54, 1.807) is 7.11 Å². The van der Waals surface area contributed by atoms with Crippen LogP contribution >= 0.6 is 11.6 Å². The third-order valence-corrected chi connectivity index (χ3v) is 4.65. The molecule has 4 nitrogen and oxygen atoms in total. The van der Waals surface area contributed by atoms with Gasteiger partial charge in [-0.25, -0.2) is 0 Å². The van der Waals surface area contributed by atoms with Gasteiger partial charge in [-0.2, -0.15) is 0 Å². The van der Waals surface area contributed by atoms with Crippen LogP contribution in [0.5, 0.6) is 0 Å². The number of rotatable bonds is 4. The first-order valence-electron chi connectivity index (χ1n) is 7.83. The van der Waals surface area contributed by atoms with Gasteiger partial charge in [0.2, 0.25) is 0 Å². The number of methoxy groups -OCH3 is 1. The van der Waals surface area contributed by atoms with Crippen LogP contribution in [0.2, 0.25) is 5.82 Å². The van der Waals surface area contributed by atoms with Crippen molar-refractivity contribution in [3.05, 3.63) is 0 Å². The highest BCUT2D eigenvalue weighted by atomic mass is 35.5. The molecule has 21 heavy (non-hydrogen) atoms. The maximum atomic E-state index is 6.30. The van der Waals surface area contributed by atoms with Crippen LogP contribution in [-0.4, -0.2) is 43.7 Å². The Hall–Kier alpha value is 0.195. The summed E-state index contributed by atoms with van der Waals surface area (Å²) in [6.07, 6.45) is 3.66. The predicted octanol–water partition coefficient (Wildman–Crippen LogP) is 3.62. The van der Waals surface area contributed by atoms with Crippen molar-refractivity contribution in [1.82, 2.24) is 0 Å². The molecule has 0 amide bonds. The lowest BCUT2D eigenvalue weighted by Crippen LogP contribution is -2.55. The van der Waals surface area contributed by atoms with E-state index in [-0.39, 0.29) is 42.4 Å². The highest BCUT2D eigenvalue weighted by molar-refractivity contribution is 6.47. The quantitative estimate of drug-likeness (QED) is 0.451. The molecule has 1 aliphatic carbocycles. The largest absolute Gasteiger partial charge is 0.463 e. The first kappa shape index (κ1) is 17.5. The second-order valence-corrected chi connectivity index (χ2v) is 8.10. The molecule has 0 radical (unpaired) electrons. The zero-order valence-electron chi connectivity index (χ0n) is 13.9. The Morgan fingerprint density at radius 2 is 1.76 bits per heavy atom. The van der Waals surface area contributed by atoms with Crippen molar-refractivity contribution in [3.8, 4) is 0 Å². The molecule has 3 atom stereocenters. The van der Waals surface area contributed by atoms with Crippen molar-refractivity contribution in [2.75, 3.05) is 13.9 Å². The topological polar surface area (TPSA) is 36.9 Å². The summed E-state index contributed by atoms with van der Waals surface area (Å²) >= 11 is 6.30. The monoisotopic (exact) mass is 318 g/mol. The highest BCUT2D eigenvalue weighted by Gasteiger charge is 2.50. The average Bonchev–Trinajstić information content (AvgIpc) is 2.32. The minimum atomic E-state index is -0.241. The lowest BCUT2D eigenvalue weighted by Gasteiger charge is -2.48. The number of hydrogen-bond donors (Lipinski definition) is 0. The summed E-state index contributed by atoms with van der Waals surface area (Å²) in [4.78, 5) is 0. The van der Waals surface area contributed by atoms with E-state index >= 15 is 0 Å². The summed E-state index contributed by atoms with van der Waals surface area (Å²) in [5.74, 6) is 0.203. The Balaban J connectivity index is 2.09. The van der Waals surface area contributed by atoms with E-state index in [2.05, 4.69) is 27.7 Å². The van der Waals surface area contributed by atoms with E-state index in [9.17, 15) is 0 Å². The summed E-state index contributed by atoms with van der Waals surface area (Å²) in [7, 11) is 1.39. The van der Waals surface area contributed by atoms with Crippen LogP contribution in [0.15, 0.2) is 0 Å². The molecule has 122 valence electrons. The number of hydrogen-bond acceptors (Lipinski definition) is 4. The predicted molar refractivity (Wildman–Crippen MR) is 84.7 cm³/mol. The third kappa shape index (κ3) is 4.83. The van der Waals surface area contributed by atoms with Gasteiger partial charge in [-0.1, -0.05) is 0 Å². The van der Waals surface area contributed by atoms with Gasteiger partial charge >= 0.3 is 7.12 Å². The van der Waals surface area contributed by atoms with Gasteiger partial charge in [0.15, 0.2) is 0 Å². The zero-order chi connectivity index (χ0) is 15.7. The van der Waals surface area contributed by atoms with Crippen LogP contribution in [0.1, 0.15) is 53.4 Å². The molecule has 2 fully saturated rings. The van der Waals surface area contributed by atoms with Gasteiger partial charge in [-0.15, -0.1) is 11.6 Å². The van der Waals surface area contributed by atoms with Crippen LogP contribution in [0.3, 0.4) is 0 Å². The molecule has 0 N–H and O–H groups in total. The van der Waals surface area contributed by atoms with Crippen molar-refractivity contribution in [2.45, 2.75) is 81.9 Å².